The molecule has 1 heterocycles. The molecule has 0 saturated carbocycles. The van der Waals surface area contributed by atoms with Gasteiger partial charge in [0.25, 0.3) is 0 Å². The number of hydrogen-bond acceptors (Lipinski definition) is 2. The lowest BCUT2D eigenvalue weighted by Gasteiger charge is -2.16. The summed E-state index contributed by atoms with van der Waals surface area (Å²) < 4.78 is -0.534. The van der Waals surface area contributed by atoms with Crippen LogP contribution in [0.5, 0.6) is 0 Å². The van der Waals surface area contributed by atoms with Crippen LogP contribution in [0.25, 0.3) is 0 Å². The van der Waals surface area contributed by atoms with Crippen LogP contribution in [0.15, 0.2) is 18.3 Å². The van der Waals surface area contributed by atoms with Crippen molar-refractivity contribution in [3.63, 3.8) is 0 Å². The second kappa shape index (κ2) is 5.43. The third kappa shape index (κ3) is 3.59. The lowest BCUT2D eigenvalue weighted by atomic mass is 10.1. The van der Waals surface area contributed by atoms with Gasteiger partial charge in [-0.15, -0.1) is 0 Å². The molecule has 0 radical (unpaired) electrons. The van der Waals surface area contributed by atoms with Crippen molar-refractivity contribution in [1.29, 1.82) is 0 Å². The zero-order valence-electron chi connectivity index (χ0n) is 9.88. The molecule has 4 heteroatoms. The molecule has 0 spiro atoms. The van der Waals surface area contributed by atoms with Gasteiger partial charge in [0, 0.05) is 6.20 Å². The van der Waals surface area contributed by atoms with Crippen molar-refractivity contribution >= 4 is 21.8 Å². The van der Waals surface area contributed by atoms with Crippen LogP contribution >= 0.6 is 15.9 Å². The number of carbonyl (C=O) groups excluding carboxylic acids is 1. The van der Waals surface area contributed by atoms with Gasteiger partial charge < -0.3 is 5.32 Å². The average Bonchev–Trinajstić information content (AvgIpc) is 2.24. The highest BCUT2D eigenvalue weighted by Gasteiger charge is 2.23. The molecular weight excluding hydrogens is 268 g/mol. The molecule has 1 amide bonds. The summed E-state index contributed by atoms with van der Waals surface area (Å²) in [6, 6.07) is 3.95. The molecule has 0 saturated heterocycles. The maximum atomic E-state index is 11.7. The van der Waals surface area contributed by atoms with Gasteiger partial charge in [-0.05, 0) is 31.9 Å². The molecule has 0 aromatic carbocycles. The number of rotatable bonds is 4. The standard InChI is InChI=1S/C12H17BrN2O/c1-4-9-6-5-7-14-10(9)8-15-11(16)12(2,3)13/h5-7H,4,8H2,1-3H3,(H,15,16). The van der Waals surface area contributed by atoms with Crippen LogP contribution in [-0.2, 0) is 17.8 Å². The van der Waals surface area contributed by atoms with Crippen LogP contribution in [0.2, 0.25) is 0 Å². The maximum Gasteiger partial charge on any atom is 0.236 e. The molecule has 0 aliphatic heterocycles. The Labute approximate surface area is 105 Å². The SMILES string of the molecule is CCc1cccnc1CNC(=O)C(C)(C)Br. The van der Waals surface area contributed by atoms with E-state index in [1.54, 1.807) is 6.20 Å². The van der Waals surface area contributed by atoms with Gasteiger partial charge in [-0.1, -0.05) is 28.9 Å². The van der Waals surface area contributed by atoms with E-state index in [4.69, 9.17) is 0 Å². The van der Waals surface area contributed by atoms with E-state index in [1.807, 2.05) is 26.0 Å². The Morgan fingerprint density at radius 1 is 1.56 bits per heavy atom. The van der Waals surface area contributed by atoms with Crippen LogP contribution in [0, 0.1) is 0 Å². The molecule has 88 valence electrons. The summed E-state index contributed by atoms with van der Waals surface area (Å²) in [4.78, 5) is 15.9. The lowest BCUT2D eigenvalue weighted by molar-refractivity contribution is -0.122. The van der Waals surface area contributed by atoms with Gasteiger partial charge in [-0.3, -0.25) is 9.78 Å². The highest BCUT2D eigenvalue weighted by atomic mass is 79.9. The van der Waals surface area contributed by atoms with Gasteiger partial charge in [0.05, 0.1) is 16.6 Å². The summed E-state index contributed by atoms with van der Waals surface area (Å²) in [5, 5.41) is 2.87. The van der Waals surface area contributed by atoms with Crippen molar-refractivity contribution in [3.05, 3.63) is 29.6 Å². The highest BCUT2D eigenvalue weighted by molar-refractivity contribution is 9.10. The average molecular weight is 285 g/mol. The fraction of sp³-hybridized carbons (Fsp3) is 0.500. The van der Waals surface area contributed by atoms with Gasteiger partial charge in [0.1, 0.15) is 0 Å². The van der Waals surface area contributed by atoms with E-state index in [-0.39, 0.29) is 5.91 Å². The topological polar surface area (TPSA) is 42.0 Å². The number of halogens is 1. The Morgan fingerprint density at radius 2 is 2.25 bits per heavy atom. The van der Waals surface area contributed by atoms with Crippen molar-refractivity contribution < 1.29 is 4.79 Å². The third-order valence-corrected chi connectivity index (χ3v) is 2.68. The van der Waals surface area contributed by atoms with E-state index in [0.29, 0.717) is 6.54 Å². The molecule has 1 rings (SSSR count). The van der Waals surface area contributed by atoms with Crippen molar-refractivity contribution in [1.82, 2.24) is 10.3 Å². The number of pyridine rings is 1. The van der Waals surface area contributed by atoms with Crippen LogP contribution in [0.1, 0.15) is 32.0 Å². The summed E-state index contributed by atoms with van der Waals surface area (Å²) in [7, 11) is 0. The fourth-order valence-electron chi connectivity index (χ4n) is 1.33. The summed E-state index contributed by atoms with van der Waals surface area (Å²) in [6.45, 7) is 6.21. The summed E-state index contributed by atoms with van der Waals surface area (Å²) in [6.07, 6.45) is 2.68. The number of amides is 1. The Kier molecular flexibility index (Phi) is 4.47. The summed E-state index contributed by atoms with van der Waals surface area (Å²) in [5.74, 6) is -0.0276. The molecular formula is C12H17BrN2O. The van der Waals surface area contributed by atoms with E-state index in [0.717, 1.165) is 12.1 Å². The summed E-state index contributed by atoms with van der Waals surface area (Å²) in [5.41, 5.74) is 2.12. The minimum absolute atomic E-state index is 0.0276. The third-order valence-electron chi connectivity index (χ3n) is 2.32. The minimum Gasteiger partial charge on any atom is -0.349 e. The van der Waals surface area contributed by atoms with Gasteiger partial charge in [-0.25, -0.2) is 0 Å². The van der Waals surface area contributed by atoms with E-state index >= 15 is 0 Å². The number of aromatic nitrogens is 1. The van der Waals surface area contributed by atoms with Gasteiger partial charge >= 0.3 is 0 Å². The monoisotopic (exact) mass is 284 g/mol. The quantitative estimate of drug-likeness (QED) is 0.863. The van der Waals surface area contributed by atoms with E-state index in [2.05, 4.69) is 33.2 Å². The Morgan fingerprint density at radius 3 is 2.81 bits per heavy atom. The van der Waals surface area contributed by atoms with Crippen molar-refractivity contribution in [2.24, 2.45) is 0 Å². The van der Waals surface area contributed by atoms with Gasteiger partial charge in [0.15, 0.2) is 0 Å². The van der Waals surface area contributed by atoms with E-state index < -0.39 is 4.32 Å². The molecule has 0 bridgehead atoms. The first-order valence-electron chi connectivity index (χ1n) is 5.35. The molecule has 0 unspecified atom stereocenters. The molecule has 16 heavy (non-hydrogen) atoms. The summed E-state index contributed by atoms with van der Waals surface area (Å²) >= 11 is 3.32. The minimum atomic E-state index is -0.534. The highest BCUT2D eigenvalue weighted by Crippen LogP contribution is 2.15. The first-order chi connectivity index (χ1) is 7.45. The predicted molar refractivity (Wildman–Crippen MR) is 68.5 cm³/mol. The van der Waals surface area contributed by atoms with Gasteiger partial charge in [-0.2, -0.15) is 0 Å². The predicted octanol–water partition coefficient (Wildman–Crippen LogP) is 2.43. The van der Waals surface area contributed by atoms with Crippen LogP contribution in [0.3, 0.4) is 0 Å². The van der Waals surface area contributed by atoms with Gasteiger partial charge in [0.2, 0.25) is 5.91 Å². The number of carbonyl (C=O) groups is 1. The van der Waals surface area contributed by atoms with Crippen molar-refractivity contribution in [2.75, 3.05) is 0 Å². The zero-order valence-corrected chi connectivity index (χ0v) is 11.5. The van der Waals surface area contributed by atoms with Crippen LogP contribution in [0.4, 0.5) is 0 Å². The normalized spacial score (nSPS) is 11.2. The number of alkyl halides is 1. The van der Waals surface area contributed by atoms with Crippen molar-refractivity contribution in [3.8, 4) is 0 Å². The smallest absolute Gasteiger partial charge is 0.236 e. The fourth-order valence-corrected chi connectivity index (χ4v) is 1.47. The van der Waals surface area contributed by atoms with Crippen LogP contribution in [-0.4, -0.2) is 15.2 Å². The first-order valence-corrected chi connectivity index (χ1v) is 6.14. The first kappa shape index (κ1) is 13.2. The molecule has 0 atom stereocenters. The van der Waals surface area contributed by atoms with E-state index in [9.17, 15) is 4.79 Å². The number of aryl methyl sites for hydroxylation is 1. The number of nitrogens with one attached hydrogen (secondary N) is 1. The number of hydrogen-bond donors (Lipinski definition) is 1. The second-order valence-corrected chi connectivity index (χ2v) is 6.10. The Hall–Kier alpha value is -0.900. The molecule has 0 aliphatic carbocycles. The maximum absolute atomic E-state index is 11.7. The largest absolute Gasteiger partial charge is 0.349 e. The Bertz CT molecular complexity index is 372. The molecule has 1 N–H and O–H groups in total. The molecule has 0 fully saturated rings. The zero-order chi connectivity index (χ0) is 12.2. The Balaban J connectivity index is 2.65. The molecule has 3 nitrogen and oxygen atoms in total. The second-order valence-electron chi connectivity index (χ2n) is 4.12. The molecule has 0 aliphatic rings. The van der Waals surface area contributed by atoms with Crippen LogP contribution < -0.4 is 5.32 Å². The molecule has 1 aromatic rings. The molecule has 1 aromatic heterocycles. The van der Waals surface area contributed by atoms with E-state index in [1.165, 1.54) is 5.56 Å². The number of nitrogens with zero attached hydrogens (tertiary/aromatic N) is 1. The van der Waals surface area contributed by atoms with Crippen molar-refractivity contribution in [2.45, 2.75) is 38.1 Å². The lowest BCUT2D eigenvalue weighted by Crippen LogP contribution is -2.37.